The number of halogens is 2. The highest BCUT2D eigenvalue weighted by Gasteiger charge is 2.21. The van der Waals surface area contributed by atoms with Crippen LogP contribution in [0.2, 0.25) is 5.02 Å². The number of rotatable bonds is 2. The van der Waals surface area contributed by atoms with Gasteiger partial charge in [0.15, 0.2) is 11.6 Å². The molecule has 3 aromatic rings. The van der Waals surface area contributed by atoms with E-state index in [0.717, 1.165) is 0 Å². The van der Waals surface area contributed by atoms with Crippen LogP contribution >= 0.6 is 11.6 Å². The lowest BCUT2D eigenvalue weighted by Gasteiger charge is -2.13. The maximum absolute atomic E-state index is 14.2. The van der Waals surface area contributed by atoms with Crippen molar-refractivity contribution in [3.05, 3.63) is 53.1 Å². The number of fused-ring (bicyclic) bond motifs is 1. The van der Waals surface area contributed by atoms with E-state index in [0.29, 0.717) is 30.2 Å². The molecule has 0 saturated heterocycles. The molecule has 1 N–H and O–H groups in total. The zero-order valence-electron chi connectivity index (χ0n) is 12.3. The molecule has 6 nitrogen and oxygen atoms in total. The van der Waals surface area contributed by atoms with Gasteiger partial charge in [0.1, 0.15) is 11.4 Å². The van der Waals surface area contributed by atoms with Gasteiger partial charge in [-0.15, -0.1) is 0 Å². The average molecular weight is 344 g/mol. The van der Waals surface area contributed by atoms with Crippen molar-refractivity contribution in [2.75, 3.05) is 6.54 Å². The normalized spacial score (nSPS) is 13.5. The molecular formula is C16H11ClFN5O. The average Bonchev–Trinajstić information content (AvgIpc) is 3.03. The Labute approximate surface area is 141 Å². The second-order valence-electron chi connectivity index (χ2n) is 5.26. The standard InChI is InChI=1S/C16H11ClFN5O/c17-10-3-1-2-9(14(10)18)15-19-5-4-11(21-15)12-8-13-16(24)20-6-7-23(13)22-12/h1-5,8H,6-7H2,(H,20,24). The molecule has 120 valence electrons. The van der Waals surface area contributed by atoms with Gasteiger partial charge < -0.3 is 5.32 Å². The van der Waals surface area contributed by atoms with Crippen molar-refractivity contribution in [3.8, 4) is 22.8 Å². The summed E-state index contributed by atoms with van der Waals surface area (Å²) in [5, 5.41) is 7.16. The third-order valence-electron chi connectivity index (χ3n) is 3.73. The highest BCUT2D eigenvalue weighted by atomic mass is 35.5. The summed E-state index contributed by atoms with van der Waals surface area (Å²) in [7, 11) is 0. The summed E-state index contributed by atoms with van der Waals surface area (Å²) < 4.78 is 15.8. The van der Waals surface area contributed by atoms with E-state index in [-0.39, 0.29) is 22.3 Å². The zero-order chi connectivity index (χ0) is 16.7. The summed E-state index contributed by atoms with van der Waals surface area (Å²) in [5.41, 5.74) is 1.73. The fourth-order valence-corrected chi connectivity index (χ4v) is 2.74. The van der Waals surface area contributed by atoms with Crippen molar-refractivity contribution in [2.24, 2.45) is 0 Å². The number of carbonyl (C=O) groups excluding carboxylic acids is 1. The van der Waals surface area contributed by atoms with E-state index in [1.807, 2.05) is 0 Å². The van der Waals surface area contributed by atoms with E-state index in [4.69, 9.17) is 11.6 Å². The van der Waals surface area contributed by atoms with Crippen molar-refractivity contribution in [1.29, 1.82) is 0 Å². The van der Waals surface area contributed by atoms with Gasteiger partial charge >= 0.3 is 0 Å². The fourth-order valence-electron chi connectivity index (χ4n) is 2.57. The van der Waals surface area contributed by atoms with Gasteiger partial charge in [-0.05, 0) is 24.3 Å². The van der Waals surface area contributed by atoms with Gasteiger partial charge in [-0.25, -0.2) is 14.4 Å². The van der Waals surface area contributed by atoms with Crippen LogP contribution in [-0.4, -0.2) is 32.2 Å². The Hall–Kier alpha value is -2.80. The monoisotopic (exact) mass is 343 g/mol. The molecule has 24 heavy (non-hydrogen) atoms. The lowest BCUT2D eigenvalue weighted by molar-refractivity contribution is 0.0924. The molecular weight excluding hydrogens is 333 g/mol. The van der Waals surface area contributed by atoms with Crippen LogP contribution in [0.15, 0.2) is 36.5 Å². The Bertz CT molecular complexity index is 955. The molecule has 0 atom stereocenters. The molecule has 1 amide bonds. The molecule has 8 heteroatoms. The molecule has 0 saturated carbocycles. The van der Waals surface area contributed by atoms with Crippen molar-refractivity contribution in [1.82, 2.24) is 25.1 Å². The zero-order valence-corrected chi connectivity index (χ0v) is 13.1. The molecule has 0 unspecified atom stereocenters. The number of amides is 1. The Morgan fingerprint density at radius 1 is 1.25 bits per heavy atom. The minimum Gasteiger partial charge on any atom is -0.349 e. The van der Waals surface area contributed by atoms with Crippen LogP contribution in [0, 0.1) is 5.82 Å². The Balaban J connectivity index is 1.78. The van der Waals surface area contributed by atoms with Gasteiger partial charge in [0.05, 0.1) is 22.8 Å². The molecule has 0 fully saturated rings. The van der Waals surface area contributed by atoms with E-state index in [1.165, 1.54) is 12.3 Å². The summed E-state index contributed by atoms with van der Waals surface area (Å²) in [6.45, 7) is 1.14. The molecule has 1 aromatic carbocycles. The van der Waals surface area contributed by atoms with Crippen molar-refractivity contribution in [3.63, 3.8) is 0 Å². The summed E-state index contributed by atoms with van der Waals surface area (Å²) in [6.07, 6.45) is 1.52. The smallest absolute Gasteiger partial charge is 0.269 e. The first-order valence-electron chi connectivity index (χ1n) is 7.27. The van der Waals surface area contributed by atoms with Gasteiger partial charge in [-0.2, -0.15) is 5.10 Å². The lowest BCUT2D eigenvalue weighted by atomic mass is 10.2. The van der Waals surface area contributed by atoms with Gasteiger partial charge in [-0.3, -0.25) is 9.48 Å². The molecule has 3 heterocycles. The van der Waals surface area contributed by atoms with Gasteiger partial charge in [0.2, 0.25) is 0 Å². The quantitative estimate of drug-likeness (QED) is 0.776. The third kappa shape index (κ3) is 2.43. The van der Waals surface area contributed by atoms with Crippen molar-refractivity contribution in [2.45, 2.75) is 6.54 Å². The maximum Gasteiger partial charge on any atom is 0.269 e. The second kappa shape index (κ2) is 5.68. The first-order valence-corrected chi connectivity index (χ1v) is 7.65. The molecule has 4 rings (SSSR count). The first-order chi connectivity index (χ1) is 11.6. The van der Waals surface area contributed by atoms with E-state index in [9.17, 15) is 9.18 Å². The predicted molar refractivity (Wildman–Crippen MR) is 86.0 cm³/mol. The Morgan fingerprint density at radius 2 is 2.12 bits per heavy atom. The summed E-state index contributed by atoms with van der Waals surface area (Å²) in [6, 6.07) is 7.99. The molecule has 0 radical (unpaired) electrons. The van der Waals surface area contributed by atoms with E-state index >= 15 is 0 Å². The molecule has 2 aromatic heterocycles. The van der Waals surface area contributed by atoms with Gasteiger partial charge in [0, 0.05) is 12.7 Å². The number of benzene rings is 1. The molecule has 1 aliphatic heterocycles. The second-order valence-corrected chi connectivity index (χ2v) is 5.67. The third-order valence-corrected chi connectivity index (χ3v) is 4.02. The highest BCUT2D eigenvalue weighted by molar-refractivity contribution is 6.31. The summed E-state index contributed by atoms with van der Waals surface area (Å²) in [4.78, 5) is 20.3. The predicted octanol–water partition coefficient (Wildman–Crippen LogP) is 2.54. The lowest BCUT2D eigenvalue weighted by Crippen LogP contribution is -2.35. The Kier molecular flexibility index (Phi) is 3.50. The number of nitrogens with one attached hydrogen (secondary N) is 1. The maximum atomic E-state index is 14.2. The number of aromatic nitrogens is 4. The van der Waals surface area contributed by atoms with Crippen LogP contribution in [0.5, 0.6) is 0 Å². The molecule has 0 spiro atoms. The topological polar surface area (TPSA) is 72.7 Å². The number of carbonyl (C=O) groups is 1. The summed E-state index contributed by atoms with van der Waals surface area (Å²) >= 11 is 5.81. The largest absolute Gasteiger partial charge is 0.349 e. The van der Waals surface area contributed by atoms with E-state index < -0.39 is 5.82 Å². The molecule has 0 bridgehead atoms. The van der Waals surface area contributed by atoms with Crippen LogP contribution in [-0.2, 0) is 6.54 Å². The van der Waals surface area contributed by atoms with Crippen molar-refractivity contribution < 1.29 is 9.18 Å². The number of hydrogen-bond acceptors (Lipinski definition) is 4. The van der Waals surface area contributed by atoms with Crippen LogP contribution in [0.4, 0.5) is 4.39 Å². The van der Waals surface area contributed by atoms with Crippen molar-refractivity contribution >= 4 is 17.5 Å². The Morgan fingerprint density at radius 3 is 2.96 bits per heavy atom. The van der Waals surface area contributed by atoms with Crippen LogP contribution in [0.25, 0.3) is 22.8 Å². The minimum absolute atomic E-state index is 0.00984. The SMILES string of the molecule is O=C1NCCn2nc(-c3ccnc(-c4cccc(Cl)c4F)n3)cc21. The first kappa shape index (κ1) is 14.8. The number of hydrogen-bond donors (Lipinski definition) is 1. The highest BCUT2D eigenvalue weighted by Crippen LogP contribution is 2.26. The van der Waals surface area contributed by atoms with Crippen LogP contribution < -0.4 is 5.32 Å². The molecule has 0 aliphatic carbocycles. The fraction of sp³-hybridized carbons (Fsp3) is 0.125. The van der Waals surface area contributed by atoms with Gasteiger partial charge in [0.25, 0.3) is 5.91 Å². The number of nitrogens with zero attached hydrogens (tertiary/aromatic N) is 4. The van der Waals surface area contributed by atoms with E-state index in [1.54, 1.807) is 28.9 Å². The summed E-state index contributed by atoms with van der Waals surface area (Å²) in [5.74, 6) is -0.530. The van der Waals surface area contributed by atoms with Crippen LogP contribution in [0.3, 0.4) is 0 Å². The molecule has 1 aliphatic rings. The minimum atomic E-state index is -0.570. The van der Waals surface area contributed by atoms with Crippen LogP contribution in [0.1, 0.15) is 10.5 Å². The van der Waals surface area contributed by atoms with Gasteiger partial charge in [-0.1, -0.05) is 17.7 Å². The van der Waals surface area contributed by atoms with E-state index in [2.05, 4.69) is 20.4 Å².